The van der Waals surface area contributed by atoms with Crippen LogP contribution in [0.5, 0.6) is 11.5 Å². The molecule has 196 valence electrons. The minimum absolute atomic E-state index is 0.0333. The van der Waals surface area contributed by atoms with Crippen molar-refractivity contribution in [2.45, 2.75) is 25.7 Å². The third kappa shape index (κ3) is 5.63. The molecule has 1 aliphatic rings. The molecule has 3 aromatic rings. The van der Waals surface area contributed by atoms with E-state index < -0.39 is 28.0 Å². The number of barbiturate groups is 1. The summed E-state index contributed by atoms with van der Waals surface area (Å²) in [5.41, 5.74) is 2.07. The number of nitrogens with one attached hydrogen (secondary N) is 1. The van der Waals surface area contributed by atoms with Crippen molar-refractivity contribution in [2.75, 3.05) is 11.5 Å². The van der Waals surface area contributed by atoms with Crippen molar-refractivity contribution < 1.29 is 31.7 Å². The van der Waals surface area contributed by atoms with E-state index in [4.69, 9.17) is 8.92 Å². The molecule has 38 heavy (non-hydrogen) atoms. The van der Waals surface area contributed by atoms with Crippen molar-refractivity contribution in [3.63, 3.8) is 0 Å². The highest BCUT2D eigenvalue weighted by Crippen LogP contribution is 2.39. The van der Waals surface area contributed by atoms with Crippen molar-refractivity contribution in [2.24, 2.45) is 0 Å². The number of anilines is 1. The molecule has 4 rings (SSSR count). The number of benzene rings is 3. The number of amides is 4. The molecule has 1 saturated heterocycles. The van der Waals surface area contributed by atoms with Crippen molar-refractivity contribution >= 4 is 55.7 Å². The van der Waals surface area contributed by atoms with E-state index in [1.165, 1.54) is 30.3 Å². The van der Waals surface area contributed by atoms with Crippen LogP contribution in [0.2, 0.25) is 0 Å². The van der Waals surface area contributed by atoms with Crippen LogP contribution in [0.1, 0.15) is 23.6 Å². The first kappa shape index (κ1) is 27.1. The van der Waals surface area contributed by atoms with Gasteiger partial charge in [0.05, 0.1) is 16.8 Å². The average molecular weight is 599 g/mol. The molecule has 1 heterocycles. The number of halogens is 1. The standard InChI is InChI=1S/C27H23BrN2O7S/c1-4-36-23-15-18(14-22(28)24(23)37-38(34,35)20-10-8-16(2)9-11-20)13-21-25(31)29-27(33)30(26(21)32)19-7-5-6-17(3)12-19/h5-15H,4H2,1-3H3,(H,29,31,33)/b21-13+. The summed E-state index contributed by atoms with van der Waals surface area (Å²) in [5, 5.41) is 2.18. The Labute approximate surface area is 228 Å². The van der Waals surface area contributed by atoms with E-state index in [2.05, 4.69) is 21.2 Å². The normalized spacial score (nSPS) is 15.0. The number of nitrogens with zero attached hydrogens (tertiary/aromatic N) is 1. The Hall–Kier alpha value is -3.96. The van der Waals surface area contributed by atoms with Crippen LogP contribution in [-0.2, 0) is 19.7 Å². The van der Waals surface area contributed by atoms with Gasteiger partial charge in [0.2, 0.25) is 0 Å². The summed E-state index contributed by atoms with van der Waals surface area (Å²) in [6.07, 6.45) is 1.29. The van der Waals surface area contributed by atoms with Gasteiger partial charge in [-0.2, -0.15) is 8.42 Å². The van der Waals surface area contributed by atoms with E-state index in [9.17, 15) is 22.8 Å². The molecule has 9 nitrogen and oxygen atoms in total. The summed E-state index contributed by atoms with van der Waals surface area (Å²) in [5.74, 6) is -1.69. The van der Waals surface area contributed by atoms with Gasteiger partial charge in [0, 0.05) is 0 Å². The lowest BCUT2D eigenvalue weighted by Crippen LogP contribution is -2.54. The van der Waals surface area contributed by atoms with Gasteiger partial charge in [-0.1, -0.05) is 29.8 Å². The summed E-state index contributed by atoms with van der Waals surface area (Å²) >= 11 is 3.32. The Balaban J connectivity index is 1.72. The molecular formula is C27H23BrN2O7S. The number of rotatable bonds is 7. The zero-order valence-corrected chi connectivity index (χ0v) is 23.1. The van der Waals surface area contributed by atoms with E-state index in [-0.39, 0.29) is 33.0 Å². The molecule has 3 aromatic carbocycles. The number of urea groups is 1. The van der Waals surface area contributed by atoms with Crippen molar-refractivity contribution in [1.82, 2.24) is 5.32 Å². The third-order valence-corrected chi connectivity index (χ3v) is 7.33. The second-order valence-corrected chi connectivity index (χ2v) is 10.8. The van der Waals surface area contributed by atoms with Gasteiger partial charge in [-0.15, -0.1) is 0 Å². The summed E-state index contributed by atoms with van der Waals surface area (Å²) in [6, 6.07) is 15.0. The maximum absolute atomic E-state index is 13.2. The first-order valence-electron chi connectivity index (χ1n) is 11.5. The molecule has 11 heteroatoms. The van der Waals surface area contributed by atoms with Gasteiger partial charge in [0.15, 0.2) is 11.5 Å². The monoisotopic (exact) mass is 598 g/mol. The quantitative estimate of drug-likeness (QED) is 0.233. The molecule has 0 aromatic heterocycles. The van der Waals surface area contributed by atoms with Crippen LogP contribution in [-0.4, -0.2) is 32.9 Å². The Morgan fingerprint density at radius 1 is 0.974 bits per heavy atom. The van der Waals surface area contributed by atoms with E-state index in [1.807, 2.05) is 19.9 Å². The molecular weight excluding hydrogens is 576 g/mol. The SMILES string of the molecule is CCOc1cc(/C=C2\C(=O)NC(=O)N(c3cccc(C)c3)C2=O)cc(Br)c1OS(=O)(=O)c1ccc(C)cc1. The van der Waals surface area contributed by atoms with Crippen LogP contribution in [0.3, 0.4) is 0 Å². The first-order chi connectivity index (χ1) is 18.0. The highest BCUT2D eigenvalue weighted by atomic mass is 79.9. The van der Waals surface area contributed by atoms with Gasteiger partial charge in [-0.25, -0.2) is 9.69 Å². The highest BCUT2D eigenvalue weighted by molar-refractivity contribution is 9.10. The van der Waals surface area contributed by atoms with Crippen LogP contribution in [0.4, 0.5) is 10.5 Å². The molecule has 0 saturated carbocycles. The fourth-order valence-electron chi connectivity index (χ4n) is 3.70. The summed E-state index contributed by atoms with van der Waals surface area (Å²) in [6.45, 7) is 5.54. The summed E-state index contributed by atoms with van der Waals surface area (Å²) < 4.78 is 37.0. The van der Waals surface area contributed by atoms with E-state index in [0.717, 1.165) is 16.0 Å². The molecule has 0 bridgehead atoms. The van der Waals surface area contributed by atoms with Gasteiger partial charge < -0.3 is 8.92 Å². The number of hydrogen-bond acceptors (Lipinski definition) is 7. The Morgan fingerprint density at radius 2 is 1.68 bits per heavy atom. The number of ether oxygens (including phenoxy) is 1. The smallest absolute Gasteiger partial charge is 0.339 e. The third-order valence-electron chi connectivity index (χ3n) is 5.51. The number of hydrogen-bond donors (Lipinski definition) is 1. The van der Waals surface area contributed by atoms with Gasteiger partial charge in [-0.05, 0) is 90.3 Å². The van der Waals surface area contributed by atoms with Gasteiger partial charge >= 0.3 is 16.1 Å². The highest BCUT2D eigenvalue weighted by Gasteiger charge is 2.37. The van der Waals surface area contributed by atoms with Crippen LogP contribution >= 0.6 is 15.9 Å². The largest absolute Gasteiger partial charge is 0.490 e. The fraction of sp³-hybridized carbons (Fsp3) is 0.148. The van der Waals surface area contributed by atoms with Gasteiger partial charge in [0.25, 0.3) is 11.8 Å². The maximum Gasteiger partial charge on any atom is 0.339 e. The van der Waals surface area contributed by atoms with Gasteiger partial charge in [0.1, 0.15) is 10.5 Å². The minimum Gasteiger partial charge on any atom is -0.490 e. The molecule has 4 amide bonds. The molecule has 0 spiro atoms. The fourth-order valence-corrected chi connectivity index (χ4v) is 5.31. The Kier molecular flexibility index (Phi) is 7.70. The number of aryl methyl sites for hydroxylation is 2. The molecule has 0 aliphatic carbocycles. The minimum atomic E-state index is -4.19. The zero-order chi connectivity index (χ0) is 27.6. The second-order valence-electron chi connectivity index (χ2n) is 8.41. The number of imide groups is 2. The average Bonchev–Trinajstić information content (AvgIpc) is 2.84. The molecule has 1 N–H and O–H groups in total. The summed E-state index contributed by atoms with van der Waals surface area (Å²) in [4.78, 5) is 39.1. The Morgan fingerprint density at radius 3 is 2.34 bits per heavy atom. The Bertz CT molecular complexity index is 1580. The molecule has 0 unspecified atom stereocenters. The van der Waals surface area contributed by atoms with Crippen LogP contribution in [0.15, 0.2) is 75.6 Å². The van der Waals surface area contributed by atoms with Crippen molar-refractivity contribution in [3.05, 3.63) is 87.4 Å². The summed E-state index contributed by atoms with van der Waals surface area (Å²) in [7, 11) is -4.19. The molecule has 1 aliphatic heterocycles. The predicted molar refractivity (Wildman–Crippen MR) is 144 cm³/mol. The van der Waals surface area contributed by atoms with E-state index in [1.54, 1.807) is 37.3 Å². The zero-order valence-electron chi connectivity index (χ0n) is 20.6. The molecule has 0 radical (unpaired) electrons. The van der Waals surface area contributed by atoms with Gasteiger partial charge in [-0.3, -0.25) is 14.9 Å². The van der Waals surface area contributed by atoms with Crippen LogP contribution < -0.4 is 19.1 Å². The van der Waals surface area contributed by atoms with Crippen molar-refractivity contribution in [1.29, 1.82) is 0 Å². The lowest BCUT2D eigenvalue weighted by atomic mass is 10.1. The number of carbonyl (C=O) groups is 3. The number of carbonyl (C=O) groups excluding carboxylic acids is 3. The predicted octanol–water partition coefficient (Wildman–Crippen LogP) is 4.90. The molecule has 0 atom stereocenters. The van der Waals surface area contributed by atoms with Crippen molar-refractivity contribution in [3.8, 4) is 11.5 Å². The second kappa shape index (κ2) is 10.8. The molecule has 1 fully saturated rings. The lowest BCUT2D eigenvalue weighted by molar-refractivity contribution is -0.122. The maximum atomic E-state index is 13.2. The topological polar surface area (TPSA) is 119 Å². The first-order valence-corrected chi connectivity index (χ1v) is 13.7. The lowest BCUT2D eigenvalue weighted by Gasteiger charge is -2.26. The van der Waals surface area contributed by atoms with Crippen LogP contribution in [0.25, 0.3) is 6.08 Å². The van der Waals surface area contributed by atoms with Crippen LogP contribution in [0, 0.1) is 13.8 Å². The van der Waals surface area contributed by atoms with E-state index >= 15 is 0 Å². The van der Waals surface area contributed by atoms with E-state index in [0.29, 0.717) is 11.3 Å².